The number of benzene rings is 1. The first-order valence-electron chi connectivity index (χ1n) is 4.70. The topological polar surface area (TPSA) is 87.7 Å². The van der Waals surface area contributed by atoms with Crippen molar-refractivity contribution in [3.8, 4) is 0 Å². The highest BCUT2D eigenvalue weighted by atomic mass is 19.2. The maximum Gasteiger partial charge on any atom is 0.224 e. The van der Waals surface area contributed by atoms with Gasteiger partial charge < -0.3 is 16.3 Å². The summed E-state index contributed by atoms with van der Waals surface area (Å²) in [4.78, 5) is 11.3. The van der Waals surface area contributed by atoms with Crippen LogP contribution >= 0.6 is 0 Å². The van der Waals surface area contributed by atoms with E-state index in [1.54, 1.807) is 0 Å². The number of nitrogens with zero attached hydrogens (tertiary/aromatic N) is 1. The van der Waals surface area contributed by atoms with Crippen molar-refractivity contribution in [1.82, 2.24) is 5.32 Å². The van der Waals surface area contributed by atoms with E-state index in [2.05, 4.69) is 10.5 Å². The fraction of sp³-hybridized carbons (Fsp3) is 0.200. The van der Waals surface area contributed by atoms with Crippen molar-refractivity contribution >= 4 is 11.7 Å². The second-order valence-electron chi connectivity index (χ2n) is 3.26. The molecule has 0 aliphatic heterocycles. The van der Waals surface area contributed by atoms with Gasteiger partial charge in [-0.05, 0) is 6.07 Å². The van der Waals surface area contributed by atoms with Gasteiger partial charge >= 0.3 is 0 Å². The highest BCUT2D eigenvalue weighted by molar-refractivity contribution is 5.87. The van der Waals surface area contributed by atoms with Gasteiger partial charge in [-0.2, -0.15) is 0 Å². The van der Waals surface area contributed by atoms with Gasteiger partial charge in [-0.15, -0.1) is 0 Å². The first-order chi connectivity index (χ1) is 8.04. The van der Waals surface area contributed by atoms with E-state index >= 15 is 0 Å². The van der Waals surface area contributed by atoms with E-state index in [0.717, 1.165) is 6.07 Å². The molecule has 1 rings (SSSR count). The fourth-order valence-corrected chi connectivity index (χ4v) is 1.14. The number of hydrogen-bond acceptors (Lipinski definition) is 3. The quantitative estimate of drug-likeness (QED) is 0.309. The van der Waals surface area contributed by atoms with Crippen LogP contribution in [0.15, 0.2) is 23.4 Å². The van der Waals surface area contributed by atoms with Crippen molar-refractivity contribution in [2.45, 2.75) is 6.42 Å². The zero-order chi connectivity index (χ0) is 12.8. The summed E-state index contributed by atoms with van der Waals surface area (Å²) in [5.41, 5.74) is 5.07. The Morgan fingerprint density at radius 3 is 2.82 bits per heavy atom. The Kier molecular flexibility index (Phi) is 4.38. The number of halogens is 2. The number of amidine groups is 1. The monoisotopic (exact) mass is 243 g/mol. The summed E-state index contributed by atoms with van der Waals surface area (Å²) in [6.45, 7) is -0.160. The lowest BCUT2D eigenvalue weighted by molar-refractivity contribution is -0.120. The maximum absolute atomic E-state index is 13.2. The second-order valence-corrected chi connectivity index (χ2v) is 3.26. The lowest BCUT2D eigenvalue weighted by atomic mass is 10.1. The van der Waals surface area contributed by atoms with Crippen LogP contribution in [0.1, 0.15) is 5.56 Å². The summed E-state index contributed by atoms with van der Waals surface area (Å²) >= 11 is 0. The van der Waals surface area contributed by atoms with Gasteiger partial charge in [0.15, 0.2) is 17.5 Å². The zero-order valence-corrected chi connectivity index (χ0v) is 8.78. The molecule has 0 saturated carbocycles. The lowest BCUT2D eigenvalue weighted by Gasteiger charge is -2.05. The normalized spacial score (nSPS) is 11.3. The second kappa shape index (κ2) is 5.78. The highest BCUT2D eigenvalue weighted by Gasteiger charge is 2.11. The van der Waals surface area contributed by atoms with Crippen molar-refractivity contribution in [3.05, 3.63) is 35.4 Å². The van der Waals surface area contributed by atoms with Gasteiger partial charge in [0.05, 0.1) is 13.0 Å². The summed E-state index contributed by atoms with van der Waals surface area (Å²) in [6.07, 6.45) is -0.317. The molecule has 0 unspecified atom stereocenters. The molecule has 0 aliphatic carbocycles. The summed E-state index contributed by atoms with van der Waals surface area (Å²) in [7, 11) is 0. The maximum atomic E-state index is 13.2. The Bertz CT molecular complexity index is 449. The standard InChI is InChI=1S/C10H11F2N3O2/c11-7-3-1-2-6(10(7)12)4-9(16)14-5-8(13)15-17/h1-3,17H,4-5H2,(H2,13,15)(H,14,16). The predicted octanol–water partition coefficient (Wildman–Crippen LogP) is 0.370. The number of nitrogens with one attached hydrogen (secondary N) is 1. The van der Waals surface area contributed by atoms with E-state index < -0.39 is 17.5 Å². The molecule has 17 heavy (non-hydrogen) atoms. The molecule has 0 radical (unpaired) electrons. The van der Waals surface area contributed by atoms with E-state index in [9.17, 15) is 13.6 Å². The van der Waals surface area contributed by atoms with Crippen molar-refractivity contribution in [3.63, 3.8) is 0 Å². The summed E-state index contributed by atoms with van der Waals surface area (Å²) in [5, 5.41) is 13.1. The molecule has 0 aliphatic rings. The molecule has 7 heteroatoms. The van der Waals surface area contributed by atoms with E-state index in [1.807, 2.05) is 0 Å². The molecule has 0 bridgehead atoms. The number of nitrogens with two attached hydrogens (primary N) is 1. The SMILES string of the molecule is NC(CNC(=O)Cc1cccc(F)c1F)=NO. The van der Waals surface area contributed by atoms with Crippen molar-refractivity contribution in [1.29, 1.82) is 0 Å². The molecule has 5 nitrogen and oxygen atoms in total. The number of amides is 1. The molecule has 0 atom stereocenters. The largest absolute Gasteiger partial charge is 0.409 e. The van der Waals surface area contributed by atoms with Crippen molar-refractivity contribution in [2.24, 2.45) is 10.9 Å². The van der Waals surface area contributed by atoms with Gasteiger partial charge in [0.25, 0.3) is 0 Å². The number of oxime groups is 1. The van der Waals surface area contributed by atoms with Crippen LogP contribution < -0.4 is 11.1 Å². The van der Waals surface area contributed by atoms with Crippen LogP contribution in [-0.4, -0.2) is 23.5 Å². The van der Waals surface area contributed by atoms with Crippen LogP contribution in [0.4, 0.5) is 8.78 Å². The number of rotatable bonds is 4. The summed E-state index contributed by atoms with van der Waals surface area (Å²) in [6, 6.07) is 3.58. The molecular formula is C10H11F2N3O2. The minimum absolute atomic E-state index is 0.0537. The Labute approximate surface area is 95.9 Å². The third-order valence-corrected chi connectivity index (χ3v) is 1.98. The highest BCUT2D eigenvalue weighted by Crippen LogP contribution is 2.11. The first kappa shape index (κ1) is 12.9. The van der Waals surface area contributed by atoms with Gasteiger partial charge in [-0.25, -0.2) is 8.78 Å². The third-order valence-electron chi connectivity index (χ3n) is 1.98. The molecule has 0 spiro atoms. The molecule has 0 saturated heterocycles. The smallest absolute Gasteiger partial charge is 0.224 e. The minimum Gasteiger partial charge on any atom is -0.409 e. The first-order valence-corrected chi connectivity index (χ1v) is 4.70. The number of hydrogen-bond donors (Lipinski definition) is 3. The van der Waals surface area contributed by atoms with Crippen LogP contribution in [0.3, 0.4) is 0 Å². The van der Waals surface area contributed by atoms with Gasteiger partial charge in [-0.1, -0.05) is 17.3 Å². The van der Waals surface area contributed by atoms with Crippen LogP contribution in [0, 0.1) is 11.6 Å². The Morgan fingerprint density at radius 2 is 2.18 bits per heavy atom. The molecular weight excluding hydrogens is 232 g/mol. The van der Waals surface area contributed by atoms with E-state index in [1.165, 1.54) is 12.1 Å². The van der Waals surface area contributed by atoms with Crippen molar-refractivity contribution < 1.29 is 18.8 Å². The molecule has 1 aromatic carbocycles. The summed E-state index contributed by atoms with van der Waals surface area (Å²) in [5.74, 6) is -2.79. The van der Waals surface area contributed by atoms with Crippen LogP contribution in [0.25, 0.3) is 0 Å². The van der Waals surface area contributed by atoms with Crippen molar-refractivity contribution in [2.75, 3.05) is 6.54 Å². The third kappa shape index (κ3) is 3.71. The number of carbonyl (C=O) groups is 1. The predicted molar refractivity (Wildman–Crippen MR) is 56.5 cm³/mol. The van der Waals surface area contributed by atoms with Gasteiger partial charge in [-0.3, -0.25) is 4.79 Å². The molecule has 92 valence electrons. The lowest BCUT2D eigenvalue weighted by Crippen LogP contribution is -2.34. The average molecular weight is 243 g/mol. The van der Waals surface area contributed by atoms with E-state index in [-0.39, 0.29) is 24.4 Å². The molecule has 4 N–H and O–H groups in total. The Hall–Kier alpha value is -2.18. The molecule has 0 aromatic heterocycles. The molecule has 0 heterocycles. The molecule has 0 fully saturated rings. The minimum atomic E-state index is -1.05. The van der Waals surface area contributed by atoms with E-state index in [4.69, 9.17) is 10.9 Å². The molecule has 1 aromatic rings. The zero-order valence-electron chi connectivity index (χ0n) is 8.78. The van der Waals surface area contributed by atoms with Crippen LogP contribution in [0.5, 0.6) is 0 Å². The summed E-state index contributed by atoms with van der Waals surface area (Å²) < 4.78 is 26.0. The van der Waals surface area contributed by atoms with E-state index in [0.29, 0.717) is 0 Å². The number of carbonyl (C=O) groups excluding carboxylic acids is 1. The van der Waals surface area contributed by atoms with Gasteiger partial charge in [0.1, 0.15) is 0 Å². The Morgan fingerprint density at radius 1 is 1.47 bits per heavy atom. The van der Waals surface area contributed by atoms with Crippen LogP contribution in [0.2, 0.25) is 0 Å². The fourth-order valence-electron chi connectivity index (χ4n) is 1.14. The Balaban J connectivity index is 2.60. The molecule has 1 amide bonds. The van der Waals surface area contributed by atoms with Crippen LogP contribution in [-0.2, 0) is 11.2 Å². The van der Waals surface area contributed by atoms with Gasteiger partial charge in [0.2, 0.25) is 5.91 Å². The average Bonchev–Trinajstić information content (AvgIpc) is 2.32. The van der Waals surface area contributed by atoms with Gasteiger partial charge in [0, 0.05) is 5.56 Å².